The van der Waals surface area contributed by atoms with E-state index < -0.39 is 0 Å². The molecule has 2 rings (SSSR count). The van der Waals surface area contributed by atoms with Gasteiger partial charge in [0, 0.05) is 29.2 Å². The second-order valence-corrected chi connectivity index (χ2v) is 3.60. The van der Waals surface area contributed by atoms with Gasteiger partial charge in [-0.25, -0.2) is 0 Å². The number of aromatic nitrogens is 1. The van der Waals surface area contributed by atoms with Crippen molar-refractivity contribution in [1.29, 1.82) is 0 Å². The predicted octanol–water partition coefficient (Wildman–Crippen LogP) is 3.19. The van der Waals surface area contributed by atoms with Crippen LogP contribution in [0.3, 0.4) is 0 Å². The highest BCUT2D eigenvalue weighted by Crippen LogP contribution is 2.20. The smallest absolute Gasteiger partial charge is 0.124 e. The molecule has 3 nitrogen and oxygen atoms in total. The molecular formula is C12H9ClN2O. The minimum Gasteiger partial charge on any atom is -0.507 e. The lowest BCUT2D eigenvalue weighted by Crippen LogP contribution is -1.82. The summed E-state index contributed by atoms with van der Waals surface area (Å²) in [5.41, 5.74) is 1.36. The van der Waals surface area contributed by atoms with Crippen LogP contribution in [-0.2, 0) is 0 Å². The van der Waals surface area contributed by atoms with Crippen LogP contribution in [0.5, 0.6) is 5.75 Å². The fraction of sp³-hybridized carbons (Fsp3) is 0. The number of halogens is 1. The van der Waals surface area contributed by atoms with Crippen molar-refractivity contribution in [3.63, 3.8) is 0 Å². The highest BCUT2D eigenvalue weighted by Gasteiger charge is 1.98. The predicted molar refractivity (Wildman–Crippen MR) is 64.6 cm³/mol. The van der Waals surface area contributed by atoms with Gasteiger partial charge in [-0.3, -0.25) is 9.98 Å². The first-order valence-corrected chi connectivity index (χ1v) is 5.06. The summed E-state index contributed by atoms with van der Waals surface area (Å²) >= 11 is 5.82. The first-order valence-electron chi connectivity index (χ1n) is 4.68. The Morgan fingerprint density at radius 1 is 1.19 bits per heavy atom. The van der Waals surface area contributed by atoms with Crippen molar-refractivity contribution in [3.8, 4) is 5.75 Å². The third kappa shape index (κ3) is 2.58. The number of phenols is 1. The third-order valence-corrected chi connectivity index (χ3v) is 2.24. The molecule has 4 heteroatoms. The summed E-state index contributed by atoms with van der Waals surface area (Å²) in [5, 5.41) is 10.1. The summed E-state index contributed by atoms with van der Waals surface area (Å²) < 4.78 is 0. The Balaban J connectivity index is 2.27. The van der Waals surface area contributed by atoms with Crippen LogP contribution >= 0.6 is 11.6 Å². The van der Waals surface area contributed by atoms with Gasteiger partial charge < -0.3 is 5.11 Å². The summed E-state index contributed by atoms with van der Waals surface area (Å²) in [4.78, 5) is 8.08. The van der Waals surface area contributed by atoms with Gasteiger partial charge in [-0.2, -0.15) is 0 Å². The number of pyridine rings is 1. The molecule has 0 amide bonds. The second-order valence-electron chi connectivity index (χ2n) is 3.17. The molecule has 0 fully saturated rings. The monoisotopic (exact) mass is 232 g/mol. The van der Waals surface area contributed by atoms with E-state index in [1.807, 2.05) is 0 Å². The molecule has 1 aromatic heterocycles. The van der Waals surface area contributed by atoms with Crippen molar-refractivity contribution in [1.82, 2.24) is 4.98 Å². The molecule has 0 saturated heterocycles. The van der Waals surface area contributed by atoms with Gasteiger partial charge >= 0.3 is 0 Å². The Morgan fingerprint density at radius 2 is 1.94 bits per heavy atom. The molecule has 1 N–H and O–H groups in total. The lowest BCUT2D eigenvalue weighted by Gasteiger charge is -1.98. The SMILES string of the molecule is Oc1ccc(Cl)cc1C=Nc1ccncc1. The third-order valence-electron chi connectivity index (χ3n) is 2.01. The van der Waals surface area contributed by atoms with Gasteiger partial charge in [-0.05, 0) is 30.3 Å². The average Bonchev–Trinajstić information content (AvgIpc) is 2.32. The number of aromatic hydroxyl groups is 1. The maximum Gasteiger partial charge on any atom is 0.124 e. The topological polar surface area (TPSA) is 45.5 Å². The Labute approximate surface area is 98.1 Å². The number of phenolic OH excluding ortho intramolecular Hbond substituents is 1. The fourth-order valence-electron chi connectivity index (χ4n) is 1.20. The second kappa shape index (κ2) is 4.77. The number of hydrogen-bond acceptors (Lipinski definition) is 3. The highest BCUT2D eigenvalue weighted by atomic mass is 35.5. The molecule has 16 heavy (non-hydrogen) atoms. The van der Waals surface area contributed by atoms with Gasteiger partial charge in [-0.1, -0.05) is 11.6 Å². The molecule has 1 aromatic carbocycles. The number of hydrogen-bond donors (Lipinski definition) is 1. The number of benzene rings is 1. The molecule has 0 aliphatic heterocycles. The Bertz CT molecular complexity index is 512. The normalized spacial score (nSPS) is 10.8. The van der Waals surface area contributed by atoms with Gasteiger partial charge in [0.15, 0.2) is 0 Å². The van der Waals surface area contributed by atoms with E-state index in [0.717, 1.165) is 5.69 Å². The van der Waals surface area contributed by atoms with Crippen LogP contribution < -0.4 is 0 Å². The summed E-state index contributed by atoms with van der Waals surface area (Å²) in [5.74, 6) is 0.155. The van der Waals surface area contributed by atoms with E-state index in [-0.39, 0.29) is 5.75 Å². The Morgan fingerprint density at radius 3 is 2.69 bits per heavy atom. The van der Waals surface area contributed by atoms with Crippen LogP contribution in [0.1, 0.15) is 5.56 Å². The highest BCUT2D eigenvalue weighted by molar-refractivity contribution is 6.30. The van der Waals surface area contributed by atoms with Crippen LogP contribution in [0.2, 0.25) is 5.02 Å². The molecule has 0 radical (unpaired) electrons. The van der Waals surface area contributed by atoms with Crippen molar-refractivity contribution >= 4 is 23.5 Å². The zero-order valence-corrected chi connectivity index (χ0v) is 9.09. The van der Waals surface area contributed by atoms with Crippen molar-refractivity contribution in [2.24, 2.45) is 4.99 Å². The molecule has 0 spiro atoms. The van der Waals surface area contributed by atoms with Crippen molar-refractivity contribution < 1.29 is 5.11 Å². The quantitative estimate of drug-likeness (QED) is 0.809. The van der Waals surface area contributed by atoms with Gasteiger partial charge in [-0.15, -0.1) is 0 Å². The van der Waals surface area contributed by atoms with Crippen LogP contribution in [0.15, 0.2) is 47.7 Å². The standard InChI is InChI=1S/C12H9ClN2O/c13-10-1-2-12(16)9(7-10)8-15-11-3-5-14-6-4-11/h1-8,16H. The maximum absolute atomic E-state index is 9.55. The first kappa shape index (κ1) is 10.6. The maximum atomic E-state index is 9.55. The number of aliphatic imine (C=N–C) groups is 1. The average molecular weight is 233 g/mol. The van der Waals surface area contributed by atoms with Gasteiger partial charge in [0.05, 0.1) is 5.69 Å². The molecule has 0 unspecified atom stereocenters. The molecule has 0 saturated carbocycles. The van der Waals surface area contributed by atoms with E-state index >= 15 is 0 Å². The molecule has 0 aliphatic rings. The molecule has 0 atom stereocenters. The minimum absolute atomic E-state index is 0.155. The largest absolute Gasteiger partial charge is 0.507 e. The molecule has 2 aromatic rings. The Kier molecular flexibility index (Phi) is 3.17. The number of nitrogens with zero attached hydrogens (tertiary/aromatic N) is 2. The zero-order chi connectivity index (χ0) is 11.4. The molecule has 0 aliphatic carbocycles. The van der Waals surface area contributed by atoms with Crippen molar-refractivity contribution in [2.45, 2.75) is 0 Å². The van der Waals surface area contributed by atoms with Crippen LogP contribution in [-0.4, -0.2) is 16.3 Å². The fourth-order valence-corrected chi connectivity index (χ4v) is 1.38. The summed E-state index contributed by atoms with van der Waals surface area (Å²) in [6.45, 7) is 0. The van der Waals surface area contributed by atoms with E-state index in [1.54, 1.807) is 42.9 Å². The van der Waals surface area contributed by atoms with Crippen molar-refractivity contribution in [2.75, 3.05) is 0 Å². The molecule has 1 heterocycles. The van der Waals surface area contributed by atoms with E-state index in [0.29, 0.717) is 10.6 Å². The van der Waals surface area contributed by atoms with E-state index in [4.69, 9.17) is 11.6 Å². The van der Waals surface area contributed by atoms with E-state index in [2.05, 4.69) is 9.98 Å². The lowest BCUT2D eigenvalue weighted by molar-refractivity contribution is 0.474. The van der Waals surface area contributed by atoms with Gasteiger partial charge in [0.1, 0.15) is 5.75 Å². The van der Waals surface area contributed by atoms with Gasteiger partial charge in [0.2, 0.25) is 0 Å². The van der Waals surface area contributed by atoms with Crippen LogP contribution in [0.4, 0.5) is 5.69 Å². The molecular weight excluding hydrogens is 224 g/mol. The summed E-state index contributed by atoms with van der Waals surface area (Å²) in [7, 11) is 0. The van der Waals surface area contributed by atoms with E-state index in [1.165, 1.54) is 6.07 Å². The lowest BCUT2D eigenvalue weighted by atomic mass is 10.2. The molecule has 80 valence electrons. The summed E-state index contributed by atoms with van der Waals surface area (Å²) in [6.07, 6.45) is 4.88. The first-order chi connectivity index (χ1) is 7.75. The van der Waals surface area contributed by atoms with Crippen LogP contribution in [0, 0.1) is 0 Å². The van der Waals surface area contributed by atoms with E-state index in [9.17, 15) is 5.11 Å². The van der Waals surface area contributed by atoms with Crippen molar-refractivity contribution in [3.05, 3.63) is 53.3 Å². The zero-order valence-electron chi connectivity index (χ0n) is 8.34. The van der Waals surface area contributed by atoms with Gasteiger partial charge in [0.25, 0.3) is 0 Å². The number of rotatable bonds is 2. The Hall–Kier alpha value is -1.87. The minimum atomic E-state index is 0.155. The molecule has 0 bridgehead atoms. The van der Waals surface area contributed by atoms with Crippen LogP contribution in [0.25, 0.3) is 0 Å². The summed E-state index contributed by atoms with van der Waals surface area (Å²) in [6, 6.07) is 8.37.